The number of aliphatic hydroxyl groups is 2. The molecular formula is C10H16N2O5. The van der Waals surface area contributed by atoms with Gasteiger partial charge in [0.2, 0.25) is 11.8 Å². The molecule has 4 N–H and O–H groups in total. The van der Waals surface area contributed by atoms with Crippen LogP contribution in [0.3, 0.4) is 0 Å². The highest BCUT2D eigenvalue weighted by molar-refractivity contribution is 5.86. The summed E-state index contributed by atoms with van der Waals surface area (Å²) in [5, 5.41) is 18.4. The van der Waals surface area contributed by atoms with Crippen LogP contribution in [0.25, 0.3) is 0 Å². The zero-order valence-corrected chi connectivity index (χ0v) is 9.44. The van der Waals surface area contributed by atoms with Crippen molar-refractivity contribution in [3.63, 3.8) is 0 Å². The number of ether oxygens (including phenoxy) is 1. The highest BCUT2D eigenvalue weighted by Crippen LogP contribution is 2.23. The molecule has 96 valence electrons. The predicted molar refractivity (Wildman–Crippen MR) is 57.2 cm³/mol. The number of rotatable bonds is 4. The van der Waals surface area contributed by atoms with Gasteiger partial charge in [-0.15, -0.1) is 0 Å². The minimum absolute atomic E-state index is 0.175. The van der Waals surface area contributed by atoms with Crippen LogP contribution < -0.4 is 5.73 Å². The van der Waals surface area contributed by atoms with Crippen molar-refractivity contribution < 1.29 is 24.5 Å². The molecule has 7 heteroatoms. The second kappa shape index (κ2) is 5.76. The van der Waals surface area contributed by atoms with Crippen LogP contribution in [0.1, 0.15) is 13.3 Å². The van der Waals surface area contributed by atoms with Gasteiger partial charge in [-0.25, -0.2) is 0 Å². The molecule has 1 aliphatic rings. The first-order valence-electron chi connectivity index (χ1n) is 5.16. The zero-order valence-electron chi connectivity index (χ0n) is 9.44. The van der Waals surface area contributed by atoms with Gasteiger partial charge in [0.15, 0.2) is 0 Å². The van der Waals surface area contributed by atoms with Crippen molar-refractivity contribution in [1.29, 1.82) is 0 Å². The van der Waals surface area contributed by atoms with Crippen LogP contribution in [0, 0.1) is 0 Å². The van der Waals surface area contributed by atoms with Crippen molar-refractivity contribution in [3.05, 3.63) is 12.3 Å². The molecule has 0 aromatic rings. The maximum absolute atomic E-state index is 11.3. The molecule has 7 nitrogen and oxygen atoms in total. The zero-order chi connectivity index (χ0) is 13.0. The molecule has 0 bridgehead atoms. The van der Waals surface area contributed by atoms with Gasteiger partial charge in [-0.2, -0.15) is 0 Å². The van der Waals surface area contributed by atoms with Gasteiger partial charge in [-0.05, 0) is 0 Å². The molecule has 3 atom stereocenters. The molecule has 1 rings (SSSR count). The van der Waals surface area contributed by atoms with Crippen molar-refractivity contribution in [3.8, 4) is 0 Å². The van der Waals surface area contributed by atoms with Crippen LogP contribution in [0.4, 0.5) is 0 Å². The minimum Gasteiger partial charge on any atom is -0.394 e. The number of nitrogens with zero attached hydrogens (tertiary/aromatic N) is 1. The van der Waals surface area contributed by atoms with E-state index in [9.17, 15) is 14.7 Å². The lowest BCUT2D eigenvalue weighted by atomic mass is 10.2. The SMILES string of the molecule is CC(=O)N(/C=C\C(N)=O)C1CC(O)C(CO)O1. The second-order valence-corrected chi connectivity index (χ2v) is 3.76. The third kappa shape index (κ3) is 3.52. The number of carbonyl (C=O) groups is 2. The number of primary amides is 1. The molecule has 0 spiro atoms. The quantitative estimate of drug-likeness (QED) is 0.510. The first-order chi connectivity index (χ1) is 7.95. The molecule has 0 aromatic carbocycles. The van der Waals surface area contributed by atoms with Crippen LogP contribution in [0.5, 0.6) is 0 Å². The Morgan fingerprint density at radius 1 is 1.59 bits per heavy atom. The van der Waals surface area contributed by atoms with E-state index in [0.717, 1.165) is 11.0 Å². The van der Waals surface area contributed by atoms with E-state index in [-0.39, 0.29) is 18.9 Å². The Hall–Kier alpha value is -1.44. The van der Waals surface area contributed by atoms with E-state index >= 15 is 0 Å². The fourth-order valence-corrected chi connectivity index (χ4v) is 1.61. The van der Waals surface area contributed by atoms with Gasteiger partial charge in [0.05, 0.1) is 12.7 Å². The van der Waals surface area contributed by atoms with Gasteiger partial charge in [-0.3, -0.25) is 14.5 Å². The molecule has 1 aliphatic heterocycles. The normalized spacial score (nSPS) is 28.5. The molecule has 17 heavy (non-hydrogen) atoms. The van der Waals surface area contributed by atoms with Gasteiger partial charge in [0, 0.05) is 25.6 Å². The monoisotopic (exact) mass is 244 g/mol. The van der Waals surface area contributed by atoms with Gasteiger partial charge >= 0.3 is 0 Å². The van der Waals surface area contributed by atoms with E-state index in [1.165, 1.54) is 13.1 Å². The Labute approximate surface area is 98.5 Å². The molecule has 0 saturated carbocycles. The number of aliphatic hydroxyl groups excluding tert-OH is 2. The fourth-order valence-electron chi connectivity index (χ4n) is 1.61. The predicted octanol–water partition coefficient (Wildman–Crippen LogP) is -1.70. The van der Waals surface area contributed by atoms with Crippen molar-refractivity contribution in [2.45, 2.75) is 31.8 Å². The van der Waals surface area contributed by atoms with E-state index in [0.29, 0.717) is 0 Å². The number of amides is 2. The van der Waals surface area contributed by atoms with Crippen molar-refractivity contribution in [1.82, 2.24) is 4.90 Å². The molecule has 1 heterocycles. The topological polar surface area (TPSA) is 113 Å². The van der Waals surface area contributed by atoms with Crippen LogP contribution in [0.15, 0.2) is 12.3 Å². The Bertz CT molecular complexity index is 331. The summed E-state index contributed by atoms with van der Waals surface area (Å²) < 4.78 is 5.28. The third-order valence-corrected chi connectivity index (χ3v) is 2.46. The Kier molecular flexibility index (Phi) is 4.62. The van der Waals surface area contributed by atoms with E-state index in [4.69, 9.17) is 15.6 Å². The van der Waals surface area contributed by atoms with Crippen LogP contribution in [-0.2, 0) is 14.3 Å². The molecule has 1 fully saturated rings. The first kappa shape index (κ1) is 13.6. The van der Waals surface area contributed by atoms with Crippen molar-refractivity contribution in [2.75, 3.05) is 6.61 Å². The number of hydrogen-bond acceptors (Lipinski definition) is 5. The lowest BCUT2D eigenvalue weighted by Crippen LogP contribution is -2.35. The highest BCUT2D eigenvalue weighted by Gasteiger charge is 2.37. The van der Waals surface area contributed by atoms with E-state index < -0.39 is 24.3 Å². The summed E-state index contributed by atoms with van der Waals surface area (Å²) >= 11 is 0. The van der Waals surface area contributed by atoms with Gasteiger partial charge in [0.1, 0.15) is 12.3 Å². The first-order valence-corrected chi connectivity index (χ1v) is 5.16. The maximum Gasteiger partial charge on any atom is 0.242 e. The average molecular weight is 244 g/mol. The lowest BCUT2D eigenvalue weighted by molar-refractivity contribution is -0.138. The summed E-state index contributed by atoms with van der Waals surface area (Å²) in [6.07, 6.45) is 0.159. The number of hydrogen-bond donors (Lipinski definition) is 3. The second-order valence-electron chi connectivity index (χ2n) is 3.76. The van der Waals surface area contributed by atoms with Crippen molar-refractivity contribution >= 4 is 11.8 Å². The van der Waals surface area contributed by atoms with E-state index in [2.05, 4.69) is 0 Å². The molecular weight excluding hydrogens is 228 g/mol. The average Bonchev–Trinajstić information content (AvgIpc) is 2.58. The fraction of sp³-hybridized carbons (Fsp3) is 0.600. The summed E-state index contributed by atoms with van der Waals surface area (Å²) in [6.45, 7) is 0.969. The molecule has 3 unspecified atom stereocenters. The standard InChI is InChI=1S/C10H16N2O5/c1-6(14)12(3-2-9(11)16)10-4-7(15)8(5-13)17-10/h2-3,7-8,10,13,15H,4-5H2,1H3,(H2,11,16)/b3-2-. The largest absolute Gasteiger partial charge is 0.394 e. The molecule has 1 saturated heterocycles. The Morgan fingerprint density at radius 3 is 2.65 bits per heavy atom. The summed E-state index contributed by atoms with van der Waals surface area (Å²) in [7, 11) is 0. The summed E-state index contributed by atoms with van der Waals surface area (Å²) in [6, 6.07) is 0. The van der Waals surface area contributed by atoms with Gasteiger partial charge in [-0.1, -0.05) is 0 Å². The molecule has 2 amide bonds. The highest BCUT2D eigenvalue weighted by atomic mass is 16.5. The van der Waals surface area contributed by atoms with Gasteiger partial charge < -0.3 is 20.7 Å². The maximum atomic E-state index is 11.3. The summed E-state index contributed by atoms with van der Waals surface area (Å²) in [5.74, 6) is -1.04. The van der Waals surface area contributed by atoms with Crippen molar-refractivity contribution in [2.24, 2.45) is 5.73 Å². The molecule has 0 aromatic heterocycles. The van der Waals surface area contributed by atoms with Gasteiger partial charge in [0.25, 0.3) is 0 Å². The van der Waals surface area contributed by atoms with Crippen LogP contribution in [-0.4, -0.2) is 52.0 Å². The third-order valence-electron chi connectivity index (χ3n) is 2.46. The van der Waals surface area contributed by atoms with E-state index in [1.54, 1.807) is 0 Å². The molecule has 0 radical (unpaired) electrons. The summed E-state index contributed by atoms with van der Waals surface area (Å²) in [4.78, 5) is 23.1. The Balaban J connectivity index is 2.73. The lowest BCUT2D eigenvalue weighted by Gasteiger charge is -2.23. The molecule has 0 aliphatic carbocycles. The van der Waals surface area contributed by atoms with Crippen LogP contribution >= 0.6 is 0 Å². The number of nitrogens with two attached hydrogens (primary N) is 1. The van der Waals surface area contributed by atoms with E-state index in [1.807, 2.05) is 0 Å². The Morgan fingerprint density at radius 2 is 2.24 bits per heavy atom. The van der Waals surface area contributed by atoms with Crippen LogP contribution in [0.2, 0.25) is 0 Å². The summed E-state index contributed by atoms with van der Waals surface area (Å²) in [5.41, 5.74) is 4.93. The smallest absolute Gasteiger partial charge is 0.242 e. The number of carbonyl (C=O) groups excluding carboxylic acids is 2. The minimum atomic E-state index is -0.839.